The van der Waals surface area contributed by atoms with E-state index in [0.717, 1.165) is 12.2 Å². The van der Waals surface area contributed by atoms with Gasteiger partial charge in [-0.25, -0.2) is 0 Å². The van der Waals surface area contributed by atoms with Gasteiger partial charge in [0.15, 0.2) is 0 Å². The minimum atomic E-state index is 0.349. The van der Waals surface area contributed by atoms with Crippen LogP contribution in [0.3, 0.4) is 0 Å². The highest BCUT2D eigenvalue weighted by Crippen LogP contribution is 2.32. The fourth-order valence-corrected chi connectivity index (χ4v) is 3.59. The Kier molecular flexibility index (Phi) is 5.26. The van der Waals surface area contributed by atoms with Crippen LogP contribution in [0.1, 0.15) is 31.1 Å². The monoisotopic (exact) mass is 289 g/mol. The second-order valence-corrected chi connectivity index (χ2v) is 6.41. The molecule has 2 atom stereocenters. The van der Waals surface area contributed by atoms with E-state index in [1.165, 1.54) is 10.6 Å². The summed E-state index contributed by atoms with van der Waals surface area (Å²) in [7, 11) is 2.01. The molecule has 1 aromatic heterocycles. The molecule has 1 heterocycles. The molecular formula is C16H23N3S. The van der Waals surface area contributed by atoms with Crippen molar-refractivity contribution in [2.45, 2.75) is 37.1 Å². The van der Waals surface area contributed by atoms with Crippen molar-refractivity contribution < 1.29 is 0 Å². The average molecular weight is 289 g/mol. The van der Waals surface area contributed by atoms with Crippen LogP contribution < -0.4 is 5.32 Å². The van der Waals surface area contributed by atoms with Gasteiger partial charge >= 0.3 is 0 Å². The summed E-state index contributed by atoms with van der Waals surface area (Å²) in [6.45, 7) is 7.43. The third kappa shape index (κ3) is 3.64. The van der Waals surface area contributed by atoms with E-state index in [1.54, 1.807) is 0 Å². The fraction of sp³-hybridized carbons (Fsp3) is 0.438. The maximum atomic E-state index is 4.42. The van der Waals surface area contributed by atoms with Gasteiger partial charge in [0.05, 0.1) is 10.7 Å². The molecule has 20 heavy (non-hydrogen) atoms. The van der Waals surface area contributed by atoms with Gasteiger partial charge in [0.25, 0.3) is 0 Å². The van der Waals surface area contributed by atoms with Gasteiger partial charge in [-0.3, -0.25) is 4.68 Å². The number of hydrogen-bond donors (Lipinski definition) is 1. The van der Waals surface area contributed by atoms with Gasteiger partial charge in [0.1, 0.15) is 0 Å². The number of nitrogens with one attached hydrogen (secondary N) is 1. The molecule has 0 radical (unpaired) electrons. The molecule has 0 aliphatic carbocycles. The third-order valence-electron chi connectivity index (χ3n) is 3.32. The first-order valence-electron chi connectivity index (χ1n) is 7.07. The van der Waals surface area contributed by atoms with Crippen molar-refractivity contribution in [3.63, 3.8) is 0 Å². The molecule has 2 unspecified atom stereocenters. The van der Waals surface area contributed by atoms with Crippen LogP contribution in [0.2, 0.25) is 0 Å². The zero-order valence-electron chi connectivity index (χ0n) is 12.6. The summed E-state index contributed by atoms with van der Waals surface area (Å²) in [5.74, 6) is 0. The summed E-state index contributed by atoms with van der Waals surface area (Å²) in [6.07, 6.45) is 0. The standard InChI is InChI=1S/C16H23N3S/c1-5-17-16(14-9-7-6-8-10-14)13(3)20-15-11-12(2)18-19(15)4/h6-11,13,16-17H,5H2,1-4H3. The molecule has 2 aromatic rings. The van der Waals surface area contributed by atoms with Crippen molar-refractivity contribution in [1.82, 2.24) is 15.1 Å². The van der Waals surface area contributed by atoms with E-state index in [0.29, 0.717) is 11.3 Å². The summed E-state index contributed by atoms with van der Waals surface area (Å²) in [6, 6.07) is 13.2. The maximum absolute atomic E-state index is 4.42. The molecule has 4 heteroatoms. The number of thioether (sulfide) groups is 1. The molecule has 0 bridgehead atoms. The molecule has 1 aromatic carbocycles. The molecule has 2 rings (SSSR count). The number of aromatic nitrogens is 2. The molecule has 0 saturated heterocycles. The van der Waals surface area contributed by atoms with Crippen molar-refractivity contribution in [1.29, 1.82) is 0 Å². The molecule has 108 valence electrons. The second kappa shape index (κ2) is 6.95. The first kappa shape index (κ1) is 15.1. The Bertz CT molecular complexity index is 536. The predicted octanol–water partition coefficient (Wildman–Crippen LogP) is 3.56. The third-order valence-corrected chi connectivity index (χ3v) is 4.59. The molecular weight excluding hydrogens is 266 g/mol. The van der Waals surface area contributed by atoms with Crippen LogP contribution >= 0.6 is 11.8 Å². The molecule has 0 fully saturated rings. The Morgan fingerprint density at radius 3 is 2.55 bits per heavy atom. The van der Waals surface area contributed by atoms with Crippen molar-refractivity contribution in [3.8, 4) is 0 Å². The van der Waals surface area contributed by atoms with E-state index in [4.69, 9.17) is 0 Å². The molecule has 0 saturated carbocycles. The van der Waals surface area contributed by atoms with E-state index < -0.39 is 0 Å². The van der Waals surface area contributed by atoms with Crippen LogP contribution in [0.15, 0.2) is 41.4 Å². The topological polar surface area (TPSA) is 29.9 Å². The lowest BCUT2D eigenvalue weighted by molar-refractivity contribution is 0.546. The first-order chi connectivity index (χ1) is 9.61. The van der Waals surface area contributed by atoms with Gasteiger partial charge in [0.2, 0.25) is 0 Å². The minimum Gasteiger partial charge on any atom is -0.309 e. The zero-order chi connectivity index (χ0) is 14.5. The van der Waals surface area contributed by atoms with Crippen LogP contribution in [0.5, 0.6) is 0 Å². The van der Waals surface area contributed by atoms with Crippen molar-refractivity contribution in [3.05, 3.63) is 47.7 Å². The van der Waals surface area contributed by atoms with E-state index in [1.807, 2.05) is 30.4 Å². The largest absolute Gasteiger partial charge is 0.309 e. The summed E-state index contributed by atoms with van der Waals surface area (Å²) in [4.78, 5) is 0. The van der Waals surface area contributed by atoms with Crippen LogP contribution in [0.25, 0.3) is 0 Å². The fourth-order valence-electron chi connectivity index (χ4n) is 2.39. The summed E-state index contributed by atoms with van der Waals surface area (Å²) >= 11 is 1.87. The molecule has 0 amide bonds. The van der Waals surface area contributed by atoms with E-state index in [2.05, 4.69) is 60.7 Å². The highest BCUT2D eigenvalue weighted by molar-refractivity contribution is 7.99. The number of nitrogens with zero attached hydrogens (tertiary/aromatic N) is 2. The Morgan fingerprint density at radius 2 is 2.00 bits per heavy atom. The summed E-state index contributed by atoms with van der Waals surface area (Å²) in [5.41, 5.74) is 2.41. The second-order valence-electron chi connectivity index (χ2n) is 5.02. The SMILES string of the molecule is CCNC(c1ccccc1)C(C)Sc1cc(C)nn1C. The van der Waals surface area contributed by atoms with Gasteiger partial charge in [-0.15, -0.1) is 11.8 Å². The minimum absolute atomic E-state index is 0.349. The van der Waals surface area contributed by atoms with Gasteiger partial charge in [0, 0.05) is 18.3 Å². The normalized spacial score (nSPS) is 14.2. The number of hydrogen-bond acceptors (Lipinski definition) is 3. The Balaban J connectivity index is 2.15. The quantitative estimate of drug-likeness (QED) is 0.825. The molecule has 0 spiro atoms. The van der Waals surface area contributed by atoms with E-state index >= 15 is 0 Å². The zero-order valence-corrected chi connectivity index (χ0v) is 13.4. The molecule has 3 nitrogen and oxygen atoms in total. The summed E-state index contributed by atoms with van der Waals surface area (Å²) < 4.78 is 1.96. The lowest BCUT2D eigenvalue weighted by Crippen LogP contribution is -2.28. The number of rotatable bonds is 6. The van der Waals surface area contributed by atoms with Gasteiger partial charge in [-0.05, 0) is 25.1 Å². The van der Waals surface area contributed by atoms with E-state index in [-0.39, 0.29) is 0 Å². The molecule has 0 aliphatic rings. The van der Waals surface area contributed by atoms with Crippen LogP contribution in [-0.2, 0) is 7.05 Å². The van der Waals surface area contributed by atoms with Crippen molar-refractivity contribution in [2.75, 3.05) is 6.54 Å². The highest BCUT2D eigenvalue weighted by Gasteiger charge is 2.20. The van der Waals surface area contributed by atoms with Crippen molar-refractivity contribution in [2.24, 2.45) is 7.05 Å². The van der Waals surface area contributed by atoms with Crippen LogP contribution in [-0.4, -0.2) is 21.6 Å². The maximum Gasteiger partial charge on any atom is 0.0942 e. The number of benzene rings is 1. The predicted molar refractivity (Wildman–Crippen MR) is 86.1 cm³/mol. The van der Waals surface area contributed by atoms with Crippen LogP contribution in [0, 0.1) is 6.92 Å². The van der Waals surface area contributed by atoms with E-state index in [9.17, 15) is 0 Å². The lowest BCUT2D eigenvalue weighted by Gasteiger charge is -2.24. The Hall–Kier alpha value is -1.26. The van der Waals surface area contributed by atoms with Gasteiger partial charge < -0.3 is 5.32 Å². The smallest absolute Gasteiger partial charge is 0.0942 e. The average Bonchev–Trinajstić information content (AvgIpc) is 2.75. The van der Waals surface area contributed by atoms with Crippen molar-refractivity contribution >= 4 is 11.8 Å². The summed E-state index contributed by atoms with van der Waals surface area (Å²) in [5, 5.41) is 9.67. The highest BCUT2D eigenvalue weighted by atomic mass is 32.2. The van der Waals surface area contributed by atoms with Crippen LogP contribution in [0.4, 0.5) is 0 Å². The number of aryl methyl sites for hydroxylation is 2. The lowest BCUT2D eigenvalue weighted by atomic mass is 10.0. The Labute approximate surface area is 125 Å². The van der Waals surface area contributed by atoms with Gasteiger partial charge in [-0.2, -0.15) is 5.10 Å². The molecule has 1 N–H and O–H groups in total. The van der Waals surface area contributed by atoms with Gasteiger partial charge in [-0.1, -0.05) is 44.2 Å². The Morgan fingerprint density at radius 1 is 1.30 bits per heavy atom. The molecule has 0 aliphatic heterocycles. The first-order valence-corrected chi connectivity index (χ1v) is 7.95.